The monoisotopic (exact) mass is 281 g/mol. The van der Waals surface area contributed by atoms with Crippen LogP contribution in [0.5, 0.6) is 0 Å². The molecule has 4 nitrogen and oxygen atoms in total. The van der Waals surface area contributed by atoms with Gasteiger partial charge in [0.1, 0.15) is 0 Å². The first kappa shape index (κ1) is 16.2. The molecule has 3 N–H and O–H groups in total. The topological polar surface area (TPSA) is 58.4 Å². The summed E-state index contributed by atoms with van der Waals surface area (Å²) in [6, 6.07) is -0.249. The van der Waals surface area contributed by atoms with Crippen molar-refractivity contribution in [3.8, 4) is 0 Å². The zero-order valence-corrected chi connectivity index (χ0v) is 11.4. The first-order chi connectivity index (χ1) is 8.74. The standard InChI is InChI=1S/C12H22F3N3O/c1-3-6-18(8-12(13,14)15)9-4-5-11(7-9,17-2)10(16)19/h9,17H,3-8H2,1-2H3,(H2,16,19). The molecule has 19 heavy (non-hydrogen) atoms. The van der Waals surface area contributed by atoms with Gasteiger partial charge in [0.15, 0.2) is 0 Å². The van der Waals surface area contributed by atoms with Gasteiger partial charge in [-0.25, -0.2) is 0 Å². The molecule has 1 saturated carbocycles. The first-order valence-electron chi connectivity index (χ1n) is 6.53. The van der Waals surface area contributed by atoms with Crippen LogP contribution in [0, 0.1) is 0 Å². The van der Waals surface area contributed by atoms with E-state index in [-0.39, 0.29) is 6.04 Å². The maximum Gasteiger partial charge on any atom is 0.401 e. The Kier molecular flexibility index (Phi) is 5.20. The van der Waals surface area contributed by atoms with E-state index in [2.05, 4.69) is 5.32 Å². The van der Waals surface area contributed by atoms with E-state index in [0.717, 1.165) is 0 Å². The van der Waals surface area contributed by atoms with E-state index in [1.165, 1.54) is 4.90 Å². The smallest absolute Gasteiger partial charge is 0.368 e. The highest BCUT2D eigenvalue weighted by Gasteiger charge is 2.46. The highest BCUT2D eigenvalue weighted by atomic mass is 19.4. The summed E-state index contributed by atoms with van der Waals surface area (Å²) in [7, 11) is 1.63. The molecule has 0 aromatic heterocycles. The SMILES string of the molecule is CCCN(CC(F)(F)F)C1CCC(NC)(C(N)=O)C1. The van der Waals surface area contributed by atoms with E-state index >= 15 is 0 Å². The maximum atomic E-state index is 12.6. The number of hydrogen-bond acceptors (Lipinski definition) is 3. The Morgan fingerprint density at radius 2 is 2.16 bits per heavy atom. The normalized spacial score (nSPS) is 28.0. The largest absolute Gasteiger partial charge is 0.401 e. The number of nitrogens with two attached hydrogens (primary N) is 1. The third-order valence-corrected chi connectivity index (χ3v) is 3.85. The van der Waals surface area contributed by atoms with Crippen molar-refractivity contribution < 1.29 is 18.0 Å². The number of alkyl halides is 3. The van der Waals surface area contributed by atoms with Crippen LogP contribution >= 0.6 is 0 Å². The molecule has 2 atom stereocenters. The number of carbonyl (C=O) groups excluding carboxylic acids is 1. The molecule has 1 amide bonds. The number of nitrogens with zero attached hydrogens (tertiary/aromatic N) is 1. The molecule has 7 heteroatoms. The van der Waals surface area contributed by atoms with Gasteiger partial charge in [0.2, 0.25) is 5.91 Å². The van der Waals surface area contributed by atoms with Crippen molar-refractivity contribution in [1.82, 2.24) is 10.2 Å². The Hall–Kier alpha value is -0.820. The average molecular weight is 281 g/mol. The number of rotatable bonds is 6. The number of primary amides is 1. The van der Waals surface area contributed by atoms with Gasteiger partial charge in [0.05, 0.1) is 12.1 Å². The lowest BCUT2D eigenvalue weighted by atomic mass is 9.96. The van der Waals surface area contributed by atoms with E-state index in [4.69, 9.17) is 5.73 Å². The lowest BCUT2D eigenvalue weighted by Gasteiger charge is -2.31. The van der Waals surface area contributed by atoms with E-state index in [0.29, 0.717) is 32.2 Å². The molecular weight excluding hydrogens is 259 g/mol. The Bertz CT molecular complexity index is 322. The van der Waals surface area contributed by atoms with E-state index in [1.807, 2.05) is 6.92 Å². The Morgan fingerprint density at radius 1 is 1.53 bits per heavy atom. The molecule has 0 heterocycles. The van der Waals surface area contributed by atoms with Crippen LogP contribution in [-0.2, 0) is 4.79 Å². The van der Waals surface area contributed by atoms with Crippen molar-refractivity contribution in [3.63, 3.8) is 0 Å². The van der Waals surface area contributed by atoms with Crippen molar-refractivity contribution in [2.45, 2.75) is 50.4 Å². The summed E-state index contributed by atoms with van der Waals surface area (Å²) >= 11 is 0. The number of carbonyl (C=O) groups is 1. The Morgan fingerprint density at radius 3 is 2.53 bits per heavy atom. The molecular formula is C12H22F3N3O. The van der Waals surface area contributed by atoms with Crippen molar-refractivity contribution in [1.29, 1.82) is 0 Å². The summed E-state index contributed by atoms with van der Waals surface area (Å²) in [5.74, 6) is -0.485. The van der Waals surface area contributed by atoms with Gasteiger partial charge in [-0.3, -0.25) is 9.69 Å². The van der Waals surface area contributed by atoms with Crippen LogP contribution in [0.15, 0.2) is 0 Å². The zero-order chi connectivity index (χ0) is 14.7. The molecule has 0 aliphatic heterocycles. The summed E-state index contributed by atoms with van der Waals surface area (Å²) in [5.41, 5.74) is 4.51. The summed E-state index contributed by atoms with van der Waals surface area (Å²) in [6.45, 7) is 1.30. The highest BCUT2D eigenvalue weighted by molar-refractivity contribution is 5.85. The van der Waals surface area contributed by atoms with Crippen LogP contribution in [0.25, 0.3) is 0 Å². The molecule has 2 unspecified atom stereocenters. The molecule has 0 radical (unpaired) electrons. The second-order valence-corrected chi connectivity index (χ2v) is 5.18. The van der Waals surface area contributed by atoms with Crippen molar-refractivity contribution in [3.05, 3.63) is 0 Å². The summed E-state index contributed by atoms with van der Waals surface area (Å²) in [5, 5.41) is 2.88. The second kappa shape index (κ2) is 6.09. The first-order valence-corrected chi connectivity index (χ1v) is 6.53. The lowest BCUT2D eigenvalue weighted by Crippen LogP contribution is -2.53. The average Bonchev–Trinajstić information content (AvgIpc) is 2.72. The van der Waals surface area contributed by atoms with Gasteiger partial charge in [-0.05, 0) is 39.3 Å². The molecule has 1 rings (SSSR count). The third kappa shape index (κ3) is 4.07. The van der Waals surface area contributed by atoms with Crippen molar-refractivity contribution >= 4 is 5.91 Å². The van der Waals surface area contributed by atoms with E-state index in [9.17, 15) is 18.0 Å². The molecule has 1 aliphatic rings. The summed E-state index contributed by atoms with van der Waals surface area (Å²) in [4.78, 5) is 12.9. The van der Waals surface area contributed by atoms with Crippen molar-refractivity contribution in [2.24, 2.45) is 5.73 Å². The molecule has 0 aromatic rings. The molecule has 112 valence electrons. The Balaban J connectivity index is 2.75. The van der Waals surface area contributed by atoms with Gasteiger partial charge in [0, 0.05) is 6.04 Å². The predicted octanol–water partition coefficient (Wildman–Crippen LogP) is 1.26. The minimum atomic E-state index is -4.22. The van der Waals surface area contributed by atoms with Gasteiger partial charge in [-0.15, -0.1) is 0 Å². The zero-order valence-electron chi connectivity index (χ0n) is 11.4. The molecule has 1 fully saturated rings. The fourth-order valence-electron chi connectivity index (χ4n) is 2.81. The minimum absolute atomic E-state index is 0.249. The van der Waals surface area contributed by atoms with Crippen LogP contribution in [0.2, 0.25) is 0 Å². The second-order valence-electron chi connectivity index (χ2n) is 5.18. The fourth-order valence-corrected chi connectivity index (χ4v) is 2.81. The number of likely N-dealkylation sites (N-methyl/N-ethyl adjacent to an activating group) is 1. The minimum Gasteiger partial charge on any atom is -0.368 e. The summed E-state index contributed by atoms with van der Waals surface area (Å²) in [6.07, 6.45) is -2.18. The molecule has 0 aromatic carbocycles. The van der Waals surface area contributed by atoms with Crippen LogP contribution < -0.4 is 11.1 Å². The third-order valence-electron chi connectivity index (χ3n) is 3.85. The lowest BCUT2D eigenvalue weighted by molar-refractivity contribution is -0.151. The predicted molar refractivity (Wildman–Crippen MR) is 66.5 cm³/mol. The quantitative estimate of drug-likeness (QED) is 0.770. The number of hydrogen-bond donors (Lipinski definition) is 2. The highest BCUT2D eigenvalue weighted by Crippen LogP contribution is 2.34. The van der Waals surface area contributed by atoms with Gasteiger partial charge in [0.25, 0.3) is 0 Å². The van der Waals surface area contributed by atoms with Crippen LogP contribution in [0.3, 0.4) is 0 Å². The number of amides is 1. The van der Waals surface area contributed by atoms with Crippen LogP contribution in [-0.4, -0.2) is 48.7 Å². The van der Waals surface area contributed by atoms with Crippen LogP contribution in [0.1, 0.15) is 32.6 Å². The van der Waals surface area contributed by atoms with E-state index in [1.54, 1.807) is 7.05 Å². The molecule has 1 aliphatic carbocycles. The Labute approximate surface area is 111 Å². The van der Waals surface area contributed by atoms with E-state index < -0.39 is 24.2 Å². The van der Waals surface area contributed by atoms with Gasteiger partial charge in [-0.2, -0.15) is 13.2 Å². The van der Waals surface area contributed by atoms with Crippen LogP contribution in [0.4, 0.5) is 13.2 Å². The fraction of sp³-hybridized carbons (Fsp3) is 0.917. The molecule has 0 bridgehead atoms. The molecule has 0 spiro atoms. The van der Waals surface area contributed by atoms with Crippen molar-refractivity contribution in [2.75, 3.05) is 20.1 Å². The number of nitrogens with one attached hydrogen (secondary N) is 1. The van der Waals surface area contributed by atoms with Gasteiger partial charge in [-0.1, -0.05) is 6.92 Å². The summed E-state index contributed by atoms with van der Waals surface area (Å²) < 4.78 is 37.7. The van der Waals surface area contributed by atoms with Gasteiger partial charge < -0.3 is 11.1 Å². The van der Waals surface area contributed by atoms with Gasteiger partial charge >= 0.3 is 6.18 Å². The number of halogens is 3. The maximum absolute atomic E-state index is 12.6. The molecule has 0 saturated heterocycles.